The zero-order valence-electron chi connectivity index (χ0n) is 16.9. The summed E-state index contributed by atoms with van der Waals surface area (Å²) in [6.07, 6.45) is 5.10. The summed E-state index contributed by atoms with van der Waals surface area (Å²) >= 11 is 0. The van der Waals surface area contributed by atoms with Crippen molar-refractivity contribution < 1.29 is 13.9 Å². The third-order valence-corrected chi connectivity index (χ3v) is 6.37. The molecule has 0 amide bonds. The van der Waals surface area contributed by atoms with E-state index in [1.807, 2.05) is 32.0 Å². The number of fused-ring (bicyclic) bond motifs is 4. The fourth-order valence-corrected chi connectivity index (χ4v) is 4.82. The van der Waals surface area contributed by atoms with Crippen LogP contribution in [0.1, 0.15) is 69.1 Å². The minimum atomic E-state index is -0.388. The van der Waals surface area contributed by atoms with Gasteiger partial charge in [0.1, 0.15) is 17.2 Å². The number of nitrogens with zero attached hydrogens (tertiary/aromatic N) is 2. The van der Waals surface area contributed by atoms with Crippen molar-refractivity contribution in [2.75, 3.05) is 6.61 Å². The number of furan rings is 1. The van der Waals surface area contributed by atoms with Crippen LogP contribution in [0.25, 0.3) is 0 Å². The van der Waals surface area contributed by atoms with Crippen LogP contribution in [0.3, 0.4) is 0 Å². The molecule has 28 heavy (non-hydrogen) atoms. The Morgan fingerprint density at radius 1 is 1.21 bits per heavy atom. The van der Waals surface area contributed by atoms with E-state index in [2.05, 4.69) is 24.1 Å². The zero-order valence-corrected chi connectivity index (χ0v) is 16.9. The smallest absolute Gasteiger partial charge is 0.198 e. The van der Waals surface area contributed by atoms with E-state index in [0.717, 1.165) is 72.3 Å². The van der Waals surface area contributed by atoms with E-state index in [-0.39, 0.29) is 11.8 Å². The Balaban J connectivity index is 1.59. The van der Waals surface area contributed by atoms with Crippen LogP contribution < -0.4 is 9.47 Å². The van der Waals surface area contributed by atoms with E-state index >= 15 is 0 Å². The lowest BCUT2D eigenvalue weighted by Gasteiger charge is -2.50. The number of hydrazone groups is 1. The third kappa shape index (κ3) is 2.71. The summed E-state index contributed by atoms with van der Waals surface area (Å²) in [5.74, 6) is 4.27. The topological polar surface area (TPSA) is 47.2 Å². The molecule has 3 heterocycles. The Morgan fingerprint density at radius 2 is 2.04 bits per heavy atom. The summed E-state index contributed by atoms with van der Waals surface area (Å²) in [5, 5.41) is 7.30. The van der Waals surface area contributed by atoms with Gasteiger partial charge in [0.05, 0.1) is 12.6 Å². The van der Waals surface area contributed by atoms with Crippen molar-refractivity contribution in [2.24, 2.45) is 11.0 Å². The van der Waals surface area contributed by atoms with Gasteiger partial charge in [-0.1, -0.05) is 19.1 Å². The minimum absolute atomic E-state index is 0.165. The first-order chi connectivity index (χ1) is 13.6. The molecule has 5 rings (SSSR count). The Morgan fingerprint density at radius 3 is 2.75 bits per heavy atom. The number of benzene rings is 1. The van der Waals surface area contributed by atoms with Crippen LogP contribution in [0.5, 0.6) is 11.5 Å². The fourth-order valence-electron chi connectivity index (χ4n) is 4.82. The number of para-hydroxylation sites is 1. The molecule has 148 valence electrons. The van der Waals surface area contributed by atoms with Gasteiger partial charge >= 0.3 is 0 Å². The molecule has 2 aliphatic heterocycles. The lowest BCUT2D eigenvalue weighted by molar-refractivity contribution is -0.146. The largest absolute Gasteiger partial charge is 0.490 e. The molecule has 5 heteroatoms. The Hall–Kier alpha value is -2.43. The fraction of sp³-hybridized carbons (Fsp3) is 0.522. The van der Waals surface area contributed by atoms with E-state index in [1.165, 1.54) is 0 Å². The van der Waals surface area contributed by atoms with Gasteiger partial charge in [-0.15, -0.1) is 0 Å². The summed E-state index contributed by atoms with van der Waals surface area (Å²) in [5.41, 5.74) is 1.78. The predicted octanol–water partition coefficient (Wildman–Crippen LogP) is 5.44. The highest BCUT2D eigenvalue weighted by molar-refractivity contribution is 5.99. The molecule has 0 radical (unpaired) electrons. The molecular weight excluding hydrogens is 352 g/mol. The average Bonchev–Trinajstić information content (AvgIpc) is 3.32. The molecule has 1 atom stereocenters. The maximum atomic E-state index is 6.76. The molecule has 1 fully saturated rings. The minimum Gasteiger partial charge on any atom is -0.490 e. The Kier molecular flexibility index (Phi) is 4.14. The summed E-state index contributed by atoms with van der Waals surface area (Å²) in [6, 6.07) is 10.4. The van der Waals surface area contributed by atoms with Crippen molar-refractivity contribution in [1.82, 2.24) is 5.01 Å². The normalized spacial score (nSPS) is 28.5. The molecule has 1 aromatic carbocycles. The van der Waals surface area contributed by atoms with E-state index in [4.69, 9.17) is 19.0 Å². The van der Waals surface area contributed by atoms with Crippen LogP contribution in [-0.2, 0) is 0 Å². The van der Waals surface area contributed by atoms with Crippen LogP contribution in [-0.4, -0.2) is 23.1 Å². The van der Waals surface area contributed by atoms with Crippen molar-refractivity contribution in [1.29, 1.82) is 0 Å². The highest BCUT2D eigenvalue weighted by Gasteiger charge is 2.52. The first-order valence-electron chi connectivity index (χ1n) is 10.5. The maximum Gasteiger partial charge on any atom is 0.198 e. The van der Waals surface area contributed by atoms with Crippen molar-refractivity contribution in [3.8, 4) is 11.5 Å². The molecule has 1 aliphatic carbocycles. The zero-order chi connectivity index (χ0) is 19.3. The van der Waals surface area contributed by atoms with Crippen LogP contribution in [0, 0.1) is 12.8 Å². The van der Waals surface area contributed by atoms with Crippen molar-refractivity contribution in [3.05, 3.63) is 47.4 Å². The SMILES string of the molecule is CCOc1cccc2c1OC1(CCC(C)CC1)N1N=C(c3ccc(C)o3)C[C@H]21. The van der Waals surface area contributed by atoms with Gasteiger partial charge in [-0.3, -0.25) is 0 Å². The van der Waals surface area contributed by atoms with Gasteiger partial charge in [-0.05, 0) is 50.8 Å². The van der Waals surface area contributed by atoms with Gasteiger partial charge in [-0.25, -0.2) is 5.01 Å². The summed E-state index contributed by atoms with van der Waals surface area (Å²) in [6.45, 7) is 6.95. The molecule has 0 saturated heterocycles. The predicted molar refractivity (Wildman–Crippen MR) is 108 cm³/mol. The number of rotatable bonds is 3. The maximum absolute atomic E-state index is 6.76. The Bertz CT molecular complexity index is 908. The van der Waals surface area contributed by atoms with Crippen LogP contribution in [0.2, 0.25) is 0 Å². The number of hydrogen-bond donors (Lipinski definition) is 0. The summed E-state index contributed by atoms with van der Waals surface area (Å²) < 4.78 is 18.6. The van der Waals surface area contributed by atoms with Crippen molar-refractivity contribution in [3.63, 3.8) is 0 Å². The van der Waals surface area contributed by atoms with Crippen molar-refractivity contribution >= 4 is 5.71 Å². The third-order valence-electron chi connectivity index (χ3n) is 6.37. The van der Waals surface area contributed by atoms with Gasteiger partial charge in [0.2, 0.25) is 0 Å². The van der Waals surface area contributed by atoms with Gasteiger partial charge in [-0.2, -0.15) is 5.10 Å². The van der Waals surface area contributed by atoms with Gasteiger partial charge in [0, 0.05) is 24.8 Å². The molecule has 1 aromatic heterocycles. The molecule has 0 N–H and O–H groups in total. The number of aryl methyl sites for hydroxylation is 1. The monoisotopic (exact) mass is 380 g/mol. The molecular formula is C23H28N2O3. The van der Waals surface area contributed by atoms with Gasteiger partial charge in [0.15, 0.2) is 17.2 Å². The van der Waals surface area contributed by atoms with E-state index in [0.29, 0.717) is 6.61 Å². The number of ether oxygens (including phenoxy) is 2. The van der Waals surface area contributed by atoms with E-state index < -0.39 is 0 Å². The summed E-state index contributed by atoms with van der Waals surface area (Å²) in [7, 11) is 0. The molecule has 5 nitrogen and oxygen atoms in total. The number of hydrogen-bond acceptors (Lipinski definition) is 5. The second-order valence-electron chi connectivity index (χ2n) is 8.36. The van der Waals surface area contributed by atoms with Crippen LogP contribution >= 0.6 is 0 Å². The summed E-state index contributed by atoms with van der Waals surface area (Å²) in [4.78, 5) is 0. The molecule has 0 unspecified atom stereocenters. The molecule has 3 aliphatic rings. The molecule has 1 saturated carbocycles. The Labute approximate surface area is 166 Å². The molecule has 2 aromatic rings. The van der Waals surface area contributed by atoms with Gasteiger partial charge in [0.25, 0.3) is 0 Å². The lowest BCUT2D eigenvalue weighted by Crippen LogP contribution is -2.55. The second kappa shape index (κ2) is 6.57. The van der Waals surface area contributed by atoms with Crippen LogP contribution in [0.4, 0.5) is 0 Å². The van der Waals surface area contributed by atoms with Crippen LogP contribution in [0.15, 0.2) is 39.9 Å². The van der Waals surface area contributed by atoms with E-state index in [9.17, 15) is 0 Å². The van der Waals surface area contributed by atoms with E-state index in [1.54, 1.807) is 0 Å². The first kappa shape index (κ1) is 17.7. The van der Waals surface area contributed by atoms with Gasteiger partial charge < -0.3 is 13.9 Å². The first-order valence-corrected chi connectivity index (χ1v) is 10.5. The quantitative estimate of drug-likeness (QED) is 0.712. The lowest BCUT2D eigenvalue weighted by atomic mass is 9.82. The average molecular weight is 380 g/mol. The second-order valence-corrected chi connectivity index (χ2v) is 8.36. The standard InChI is InChI=1S/C23H28N2O3/c1-4-26-21-7-5-6-17-19-14-18(20-9-8-16(3)27-20)24-25(19)23(28-22(17)21)12-10-15(2)11-13-23/h5-9,15,19H,4,10-14H2,1-3H3/t15?,19-,23?/m1/s1. The molecule has 1 spiro atoms. The highest BCUT2D eigenvalue weighted by Crippen LogP contribution is 2.54. The van der Waals surface area contributed by atoms with Crippen molar-refractivity contribution in [2.45, 2.75) is 64.6 Å². The molecule has 0 bridgehead atoms. The highest BCUT2D eigenvalue weighted by atomic mass is 16.6.